The number of rotatable bonds is 32. The van der Waals surface area contributed by atoms with E-state index in [0.717, 1.165) is 25.7 Å². The number of hydrogen-bond donors (Lipinski definition) is 0. The van der Waals surface area contributed by atoms with Crippen molar-refractivity contribution in [2.45, 2.75) is 217 Å². The average Bonchev–Trinajstić information content (AvgIpc) is 2.97. The molecule has 0 aromatic heterocycles. The molecule has 0 saturated heterocycles. The number of alkyl halides is 2. The molecule has 0 spiro atoms. The maximum absolute atomic E-state index is 10.4. The molecule has 7 heteroatoms. The third-order valence-corrected chi connectivity index (χ3v) is 8.93. The monoisotopic (exact) mass is 674 g/mol. The van der Waals surface area contributed by atoms with Gasteiger partial charge in [0.2, 0.25) is 0 Å². The van der Waals surface area contributed by atoms with Crippen molar-refractivity contribution in [3.8, 4) is 0 Å². The Morgan fingerprint density at radius 2 is 0.558 bits per heavy atom. The number of unbranched alkanes of at least 4 members (excludes halogenated alkanes) is 26. The van der Waals surface area contributed by atoms with Gasteiger partial charge in [0.05, 0.1) is 22.7 Å². The Hall–Kier alpha value is 0.780. The van der Waals surface area contributed by atoms with E-state index in [1.807, 2.05) is 0 Å². The van der Waals surface area contributed by atoms with Crippen molar-refractivity contribution in [3.63, 3.8) is 0 Å². The molecule has 0 aromatic carbocycles. The Morgan fingerprint density at radius 1 is 0.395 bits per heavy atom. The molecule has 0 N–H and O–H groups in total. The molecule has 0 heterocycles. The zero-order valence-electron chi connectivity index (χ0n) is 28.5. The summed E-state index contributed by atoms with van der Waals surface area (Å²) in [7, 11) is 0. The van der Waals surface area contributed by atoms with E-state index in [1.54, 1.807) is 0 Å². The maximum atomic E-state index is 10.4. The van der Waals surface area contributed by atoms with Crippen LogP contribution in [0.4, 0.5) is 0 Å². The Morgan fingerprint density at radius 3 is 0.721 bits per heavy atom. The van der Waals surface area contributed by atoms with Crippen molar-refractivity contribution in [1.82, 2.24) is 0 Å². The second-order valence-electron chi connectivity index (χ2n) is 12.3. The summed E-state index contributed by atoms with van der Waals surface area (Å²) < 4.78 is 0. The molecule has 0 bridgehead atoms. The number of halogens is 2. The third kappa shape index (κ3) is 42.8. The molecule has 0 aliphatic heterocycles. The second-order valence-corrected chi connectivity index (χ2v) is 13.4. The van der Waals surface area contributed by atoms with Crippen molar-refractivity contribution in [2.75, 3.05) is 0 Å². The van der Waals surface area contributed by atoms with E-state index < -0.39 is 22.7 Å². The Balaban J connectivity index is -0.000000727. The fourth-order valence-corrected chi connectivity index (χ4v) is 5.58. The molecule has 0 radical (unpaired) electrons. The van der Waals surface area contributed by atoms with E-state index in [4.69, 9.17) is 23.2 Å². The van der Waals surface area contributed by atoms with Crippen LogP contribution in [0.15, 0.2) is 0 Å². The Kier molecular flexibility index (Phi) is 45.7. The van der Waals surface area contributed by atoms with Gasteiger partial charge < -0.3 is 19.8 Å². The Bertz CT molecular complexity index is 517. The van der Waals surface area contributed by atoms with Gasteiger partial charge in [-0.3, -0.25) is 0 Å². The van der Waals surface area contributed by atoms with Crippen LogP contribution in [0.1, 0.15) is 206 Å². The van der Waals surface area contributed by atoms with E-state index in [2.05, 4.69) is 13.8 Å². The molecule has 0 rings (SSSR count). The van der Waals surface area contributed by atoms with E-state index in [-0.39, 0.29) is 37.7 Å². The summed E-state index contributed by atoms with van der Waals surface area (Å²) >= 11 is 11.2. The van der Waals surface area contributed by atoms with E-state index >= 15 is 0 Å². The zero-order chi connectivity index (χ0) is 31.5. The topological polar surface area (TPSA) is 80.3 Å². The summed E-state index contributed by atoms with van der Waals surface area (Å²) in [5.41, 5.74) is 0. The first-order chi connectivity index (χ1) is 20.4. The van der Waals surface area contributed by atoms with Gasteiger partial charge in [0, 0.05) is 0 Å². The summed E-state index contributed by atoms with van der Waals surface area (Å²) in [5, 5.41) is 19.2. The number of carboxylic acid groups (broad SMARTS) is 2. The largest absolute Gasteiger partial charge is 2.00 e. The number of aliphatic carboxylic acids is 2. The molecule has 4 nitrogen and oxygen atoms in total. The number of carbonyl (C=O) groups excluding carboxylic acids is 2. The van der Waals surface area contributed by atoms with Crippen LogP contribution >= 0.6 is 23.2 Å². The van der Waals surface area contributed by atoms with Gasteiger partial charge in [-0.25, -0.2) is 0 Å². The van der Waals surface area contributed by atoms with Gasteiger partial charge in [0.25, 0.3) is 0 Å². The van der Waals surface area contributed by atoms with E-state index in [0.29, 0.717) is 12.8 Å². The number of carboxylic acids is 2. The molecule has 43 heavy (non-hydrogen) atoms. The van der Waals surface area contributed by atoms with E-state index in [1.165, 1.54) is 154 Å². The summed E-state index contributed by atoms with van der Waals surface area (Å²) in [6.07, 6.45) is 37.7. The van der Waals surface area contributed by atoms with Crippen LogP contribution in [0.3, 0.4) is 0 Å². The minimum absolute atomic E-state index is 0. The molecule has 2 unspecified atom stereocenters. The minimum Gasteiger partial charge on any atom is -0.549 e. The first kappa shape index (κ1) is 48.2. The summed E-state index contributed by atoms with van der Waals surface area (Å²) in [6.45, 7) is 4.52. The van der Waals surface area contributed by atoms with Gasteiger partial charge in [0.15, 0.2) is 0 Å². The van der Waals surface area contributed by atoms with Crippen molar-refractivity contribution in [1.29, 1.82) is 0 Å². The quantitative estimate of drug-likeness (QED) is 0.0404. The van der Waals surface area contributed by atoms with Crippen LogP contribution in [-0.2, 0) is 9.59 Å². The molecule has 252 valence electrons. The molecular formula is C36H68CaCl2O4. The fraction of sp³-hybridized carbons (Fsp3) is 0.944. The van der Waals surface area contributed by atoms with Crippen molar-refractivity contribution in [2.24, 2.45) is 0 Å². The van der Waals surface area contributed by atoms with Crippen LogP contribution in [0, 0.1) is 0 Å². The molecule has 0 amide bonds. The predicted molar refractivity (Wildman–Crippen MR) is 185 cm³/mol. The molecule has 0 aromatic rings. The van der Waals surface area contributed by atoms with E-state index in [9.17, 15) is 19.8 Å². The van der Waals surface area contributed by atoms with Gasteiger partial charge in [-0.05, 0) is 12.8 Å². The summed E-state index contributed by atoms with van der Waals surface area (Å²) in [4.78, 5) is 20.8. The van der Waals surface area contributed by atoms with Gasteiger partial charge >= 0.3 is 37.7 Å². The standard InChI is InChI=1S/2C18H35ClO2.Ca/c2*1-2-3-4-5-6-7-8-9-10-11-12-13-14-15-16-17(19)18(20)21;/h2*17H,2-16H2,1H3,(H,20,21);/q;;+2/p-2. The normalized spacial score (nSPS) is 12.2. The molecule has 2 atom stereocenters. The third-order valence-electron chi connectivity index (χ3n) is 8.13. The van der Waals surface area contributed by atoms with Crippen molar-refractivity contribution >= 4 is 72.9 Å². The number of carbonyl (C=O) groups is 2. The van der Waals surface area contributed by atoms with Crippen LogP contribution < -0.4 is 10.2 Å². The van der Waals surface area contributed by atoms with Crippen LogP contribution in [0.2, 0.25) is 0 Å². The number of hydrogen-bond acceptors (Lipinski definition) is 4. The summed E-state index contributed by atoms with van der Waals surface area (Å²) in [6, 6.07) is 0. The van der Waals surface area contributed by atoms with Gasteiger partial charge in [-0.15, -0.1) is 23.2 Å². The Labute approximate surface area is 307 Å². The molecule has 0 saturated carbocycles. The average molecular weight is 676 g/mol. The maximum Gasteiger partial charge on any atom is 2.00 e. The first-order valence-electron chi connectivity index (χ1n) is 18.1. The van der Waals surface area contributed by atoms with Crippen LogP contribution in [-0.4, -0.2) is 60.4 Å². The smallest absolute Gasteiger partial charge is 0.549 e. The van der Waals surface area contributed by atoms with Gasteiger partial charge in [-0.2, -0.15) is 0 Å². The predicted octanol–water partition coefficient (Wildman–Crippen LogP) is 10.0. The van der Waals surface area contributed by atoms with Crippen LogP contribution in [0.5, 0.6) is 0 Å². The van der Waals surface area contributed by atoms with Crippen molar-refractivity contribution < 1.29 is 19.8 Å². The fourth-order valence-electron chi connectivity index (χ4n) is 5.27. The van der Waals surface area contributed by atoms with Crippen molar-refractivity contribution in [3.05, 3.63) is 0 Å². The SMILES string of the molecule is CCCCCCCCCCCCCCCCC(Cl)C(=O)[O-].CCCCCCCCCCCCCCCCC(Cl)C(=O)[O-].[Ca+2]. The molecular weight excluding hydrogens is 607 g/mol. The van der Waals surface area contributed by atoms with Gasteiger partial charge in [0.1, 0.15) is 0 Å². The van der Waals surface area contributed by atoms with Gasteiger partial charge in [-0.1, -0.05) is 194 Å². The first-order valence-corrected chi connectivity index (χ1v) is 18.9. The molecule has 0 aliphatic rings. The second kappa shape index (κ2) is 40.8. The minimum atomic E-state index is -1.13. The zero-order valence-corrected chi connectivity index (χ0v) is 32.2. The summed E-state index contributed by atoms with van der Waals surface area (Å²) in [5.74, 6) is -2.27. The molecule has 0 fully saturated rings. The van der Waals surface area contributed by atoms with Crippen LogP contribution in [0.25, 0.3) is 0 Å². The molecule has 0 aliphatic carbocycles.